The number of amides is 1. The van der Waals surface area contributed by atoms with E-state index in [4.69, 9.17) is 20.8 Å². The summed E-state index contributed by atoms with van der Waals surface area (Å²) in [5.41, 5.74) is 9.49. The van der Waals surface area contributed by atoms with Crippen molar-refractivity contribution in [3.8, 4) is 6.07 Å². The number of carbonyl (C=O) groups excluding carboxylic acids is 1. The molecule has 0 aliphatic heterocycles. The van der Waals surface area contributed by atoms with Crippen LogP contribution in [0.15, 0.2) is 46.1 Å². The highest BCUT2D eigenvalue weighted by Crippen LogP contribution is 2.24. The quantitative estimate of drug-likeness (QED) is 0.380. The minimum atomic E-state index is -0.431. The minimum Gasteiger partial charge on any atom is -0.459 e. The Labute approximate surface area is 132 Å². The fourth-order valence-electron chi connectivity index (χ4n) is 1.75. The zero-order valence-corrected chi connectivity index (χ0v) is 12.3. The number of nitrogens with one attached hydrogen (secondary N) is 3. The topological polar surface area (TPSA) is 140 Å². The molecule has 116 valence electrons. The number of anilines is 2. The Balaban J connectivity index is 2.20. The number of benzene rings is 1. The van der Waals surface area contributed by atoms with Gasteiger partial charge in [0, 0.05) is 5.69 Å². The van der Waals surface area contributed by atoms with Gasteiger partial charge in [-0.05, 0) is 36.8 Å². The lowest BCUT2D eigenvalue weighted by molar-refractivity contribution is 0.0996. The van der Waals surface area contributed by atoms with Crippen LogP contribution in [0.5, 0.6) is 0 Å². The summed E-state index contributed by atoms with van der Waals surface area (Å²) in [6.07, 6.45) is 1.42. The lowest BCUT2D eigenvalue weighted by Gasteiger charge is -2.11. The summed E-state index contributed by atoms with van der Waals surface area (Å²) in [5.74, 6) is -0.607. The molecule has 1 aromatic heterocycles. The van der Waals surface area contributed by atoms with E-state index in [2.05, 4.69) is 15.8 Å². The van der Waals surface area contributed by atoms with Gasteiger partial charge >= 0.3 is 0 Å². The van der Waals surface area contributed by atoms with Crippen molar-refractivity contribution >= 4 is 28.8 Å². The van der Waals surface area contributed by atoms with E-state index < -0.39 is 5.84 Å². The van der Waals surface area contributed by atoms with Crippen molar-refractivity contribution in [2.75, 3.05) is 10.7 Å². The number of hydrogen-bond acceptors (Lipinski definition) is 6. The molecule has 0 aliphatic rings. The molecule has 5 N–H and O–H groups in total. The maximum atomic E-state index is 12.0. The predicted molar refractivity (Wildman–Crippen MR) is 86.4 cm³/mol. The average Bonchev–Trinajstić information content (AvgIpc) is 3.05. The number of carbonyl (C=O) groups is 1. The van der Waals surface area contributed by atoms with Gasteiger partial charge in [0.15, 0.2) is 11.6 Å². The van der Waals surface area contributed by atoms with Gasteiger partial charge in [-0.25, -0.2) is 0 Å². The number of amidine groups is 1. The van der Waals surface area contributed by atoms with E-state index in [1.165, 1.54) is 6.26 Å². The van der Waals surface area contributed by atoms with E-state index in [1.807, 2.05) is 0 Å². The van der Waals surface area contributed by atoms with Gasteiger partial charge in [0.1, 0.15) is 6.07 Å². The molecule has 1 aromatic carbocycles. The Bertz CT molecular complexity index is 802. The maximum absolute atomic E-state index is 12.0. The summed E-state index contributed by atoms with van der Waals surface area (Å²) in [6.45, 7) is 1.77. The molecule has 0 aliphatic carbocycles. The molecule has 0 spiro atoms. The first kappa shape index (κ1) is 15.8. The van der Waals surface area contributed by atoms with Crippen molar-refractivity contribution in [2.24, 2.45) is 10.8 Å². The summed E-state index contributed by atoms with van der Waals surface area (Å²) in [5, 5.41) is 22.5. The molecule has 2 rings (SSSR count). The van der Waals surface area contributed by atoms with Crippen LogP contribution in [0.4, 0.5) is 11.4 Å². The molecule has 0 bridgehead atoms. The standard InChI is InChI=1S/C15H14N6O2/c1-9-10(19-15(22)13-6-3-7-23-13)4-2-5-11(9)20-21-12(8-16)14(17)18/h2-7,20H,1H3,(H3,17,18)(H,19,22)/b21-12+. The smallest absolute Gasteiger partial charge is 0.291 e. The number of rotatable bonds is 5. The average molecular weight is 310 g/mol. The molecule has 8 nitrogen and oxygen atoms in total. The van der Waals surface area contributed by atoms with Crippen molar-refractivity contribution in [2.45, 2.75) is 6.92 Å². The van der Waals surface area contributed by atoms with E-state index in [0.717, 1.165) is 0 Å². The highest BCUT2D eigenvalue weighted by molar-refractivity contribution is 6.45. The summed E-state index contributed by atoms with van der Waals surface area (Å²) >= 11 is 0. The van der Waals surface area contributed by atoms with Crippen LogP contribution in [0.3, 0.4) is 0 Å². The third-order valence-corrected chi connectivity index (χ3v) is 2.98. The highest BCUT2D eigenvalue weighted by atomic mass is 16.3. The van der Waals surface area contributed by atoms with Crippen molar-refractivity contribution in [1.82, 2.24) is 0 Å². The van der Waals surface area contributed by atoms with Crippen molar-refractivity contribution < 1.29 is 9.21 Å². The highest BCUT2D eigenvalue weighted by Gasteiger charge is 2.11. The molecule has 2 aromatic rings. The number of nitriles is 1. The van der Waals surface area contributed by atoms with Gasteiger partial charge in [-0.1, -0.05) is 6.07 Å². The molecule has 23 heavy (non-hydrogen) atoms. The second-order valence-electron chi connectivity index (χ2n) is 4.51. The fourth-order valence-corrected chi connectivity index (χ4v) is 1.75. The van der Waals surface area contributed by atoms with Crippen molar-refractivity contribution in [3.63, 3.8) is 0 Å². The van der Waals surface area contributed by atoms with Gasteiger partial charge in [0.05, 0.1) is 12.0 Å². The number of nitrogens with zero attached hydrogens (tertiary/aromatic N) is 2. The normalized spacial score (nSPS) is 10.7. The Hall–Kier alpha value is -3.60. The molecule has 0 atom stereocenters. The molecule has 0 saturated carbocycles. The number of hydrazone groups is 1. The second kappa shape index (κ2) is 6.91. The van der Waals surface area contributed by atoms with Crippen LogP contribution in [0.1, 0.15) is 16.1 Å². The lowest BCUT2D eigenvalue weighted by Crippen LogP contribution is -2.22. The molecule has 0 saturated heterocycles. The first-order valence-corrected chi connectivity index (χ1v) is 6.55. The van der Waals surface area contributed by atoms with Crippen LogP contribution in [0.2, 0.25) is 0 Å². The van der Waals surface area contributed by atoms with Crippen LogP contribution >= 0.6 is 0 Å². The van der Waals surface area contributed by atoms with Crippen LogP contribution < -0.4 is 16.5 Å². The summed E-state index contributed by atoms with van der Waals surface area (Å²) < 4.78 is 5.03. The lowest BCUT2D eigenvalue weighted by atomic mass is 10.1. The van der Waals surface area contributed by atoms with Crippen LogP contribution in [0, 0.1) is 23.7 Å². The van der Waals surface area contributed by atoms with Gasteiger partial charge in [0.25, 0.3) is 5.91 Å². The van der Waals surface area contributed by atoms with Gasteiger partial charge in [-0.3, -0.25) is 15.6 Å². The van der Waals surface area contributed by atoms with Crippen molar-refractivity contribution in [1.29, 1.82) is 10.7 Å². The first-order valence-electron chi connectivity index (χ1n) is 6.55. The van der Waals surface area contributed by atoms with E-state index in [0.29, 0.717) is 16.9 Å². The van der Waals surface area contributed by atoms with E-state index in [-0.39, 0.29) is 17.4 Å². The molecule has 1 amide bonds. The Morgan fingerprint density at radius 2 is 2.09 bits per heavy atom. The largest absolute Gasteiger partial charge is 0.459 e. The molecular formula is C15H14N6O2. The molecule has 0 radical (unpaired) electrons. The van der Waals surface area contributed by atoms with Crippen LogP contribution in [-0.2, 0) is 0 Å². The van der Waals surface area contributed by atoms with Crippen LogP contribution in [-0.4, -0.2) is 17.5 Å². The van der Waals surface area contributed by atoms with Crippen LogP contribution in [0.25, 0.3) is 0 Å². The number of nitrogens with two attached hydrogens (primary N) is 1. The molecule has 0 unspecified atom stereocenters. The predicted octanol–water partition coefficient (Wildman–Crippen LogP) is 2.07. The summed E-state index contributed by atoms with van der Waals surface area (Å²) in [6, 6.07) is 10.0. The molecule has 8 heteroatoms. The number of furan rings is 1. The monoisotopic (exact) mass is 310 g/mol. The third kappa shape index (κ3) is 3.74. The molecule has 0 fully saturated rings. The first-order chi connectivity index (χ1) is 11.0. The van der Waals surface area contributed by atoms with Gasteiger partial charge in [-0.2, -0.15) is 10.4 Å². The Morgan fingerprint density at radius 3 is 2.70 bits per heavy atom. The van der Waals surface area contributed by atoms with Gasteiger partial charge in [-0.15, -0.1) is 0 Å². The third-order valence-electron chi connectivity index (χ3n) is 2.98. The zero-order chi connectivity index (χ0) is 16.8. The molecular weight excluding hydrogens is 296 g/mol. The SMILES string of the molecule is Cc1c(N/N=C(\C#N)C(=N)N)cccc1NC(=O)c1ccco1. The maximum Gasteiger partial charge on any atom is 0.291 e. The second-order valence-corrected chi connectivity index (χ2v) is 4.51. The van der Waals surface area contributed by atoms with E-state index >= 15 is 0 Å². The number of hydrogen-bond donors (Lipinski definition) is 4. The van der Waals surface area contributed by atoms with Gasteiger partial charge in [0.2, 0.25) is 5.71 Å². The van der Waals surface area contributed by atoms with E-state index in [1.54, 1.807) is 43.3 Å². The fraction of sp³-hybridized carbons (Fsp3) is 0.0667. The minimum absolute atomic E-state index is 0.198. The molecule has 1 heterocycles. The Morgan fingerprint density at radius 1 is 1.35 bits per heavy atom. The Kier molecular flexibility index (Phi) is 4.74. The van der Waals surface area contributed by atoms with Gasteiger partial charge < -0.3 is 15.5 Å². The summed E-state index contributed by atoms with van der Waals surface area (Å²) in [4.78, 5) is 12.0. The zero-order valence-electron chi connectivity index (χ0n) is 12.3. The van der Waals surface area contributed by atoms with E-state index in [9.17, 15) is 4.79 Å². The van der Waals surface area contributed by atoms with Crippen molar-refractivity contribution in [3.05, 3.63) is 47.9 Å². The summed E-state index contributed by atoms with van der Waals surface area (Å²) in [7, 11) is 0.